The average molecular weight is 376 g/mol. The van der Waals surface area contributed by atoms with Crippen LogP contribution in [-0.2, 0) is 9.84 Å². The van der Waals surface area contributed by atoms with Gasteiger partial charge < -0.3 is 15.0 Å². The van der Waals surface area contributed by atoms with Crippen LogP contribution in [0.3, 0.4) is 0 Å². The molecule has 1 amide bonds. The summed E-state index contributed by atoms with van der Waals surface area (Å²) in [6.45, 7) is 0. The fraction of sp³-hybridized carbons (Fsp3) is 0.353. The predicted molar refractivity (Wildman–Crippen MR) is 98.4 cm³/mol. The van der Waals surface area contributed by atoms with Crippen molar-refractivity contribution in [2.75, 3.05) is 35.9 Å². The van der Waals surface area contributed by atoms with Crippen LogP contribution < -0.4 is 15.0 Å². The van der Waals surface area contributed by atoms with Crippen molar-refractivity contribution in [2.45, 2.75) is 12.5 Å². The first-order chi connectivity index (χ1) is 12.4. The molecule has 1 aliphatic rings. The van der Waals surface area contributed by atoms with Gasteiger partial charge in [-0.3, -0.25) is 4.79 Å². The highest BCUT2D eigenvalue weighted by atomic mass is 32.2. The molecule has 1 aromatic carbocycles. The van der Waals surface area contributed by atoms with E-state index in [0.717, 1.165) is 0 Å². The van der Waals surface area contributed by atoms with Gasteiger partial charge in [0, 0.05) is 13.1 Å². The first-order valence-electron chi connectivity index (χ1n) is 8.11. The second kappa shape index (κ2) is 7.28. The Labute approximate surface area is 152 Å². The normalized spacial score (nSPS) is 18.3. The summed E-state index contributed by atoms with van der Waals surface area (Å²) in [5.41, 5.74) is 0.397. The molecule has 0 aliphatic carbocycles. The van der Waals surface area contributed by atoms with Crippen molar-refractivity contribution >= 4 is 27.4 Å². The molecule has 1 atom stereocenters. The number of anilines is 2. The van der Waals surface area contributed by atoms with Crippen LogP contribution in [0, 0.1) is 0 Å². The lowest BCUT2D eigenvalue weighted by molar-refractivity contribution is 0.102. The molecule has 1 aromatic heterocycles. The van der Waals surface area contributed by atoms with Gasteiger partial charge in [-0.15, -0.1) is 10.2 Å². The van der Waals surface area contributed by atoms with Crippen LogP contribution in [0.4, 0.5) is 11.6 Å². The Bertz CT molecular complexity index is 899. The molecule has 0 spiro atoms. The summed E-state index contributed by atoms with van der Waals surface area (Å²) in [5, 5.41) is 10.8. The molecule has 0 saturated carbocycles. The summed E-state index contributed by atoms with van der Waals surface area (Å²) in [5.74, 6) is 1.30. The van der Waals surface area contributed by atoms with Gasteiger partial charge in [0.25, 0.3) is 5.91 Å². The number of sulfone groups is 1. The van der Waals surface area contributed by atoms with Gasteiger partial charge in [-0.05, 0) is 30.7 Å². The Morgan fingerprint density at radius 1 is 1.23 bits per heavy atom. The summed E-state index contributed by atoms with van der Waals surface area (Å²) in [6, 6.07) is 10.1. The quantitative estimate of drug-likeness (QED) is 0.841. The van der Waals surface area contributed by atoms with Crippen molar-refractivity contribution in [3.8, 4) is 5.75 Å². The maximum atomic E-state index is 12.4. The van der Waals surface area contributed by atoms with E-state index in [1.54, 1.807) is 43.4 Å². The molecule has 3 rings (SSSR count). The van der Waals surface area contributed by atoms with E-state index in [-0.39, 0.29) is 23.5 Å². The van der Waals surface area contributed by atoms with Crippen LogP contribution in [0.1, 0.15) is 16.8 Å². The highest BCUT2D eigenvalue weighted by Gasteiger charge is 2.31. The molecule has 2 heterocycles. The lowest BCUT2D eigenvalue weighted by atomic mass is 10.2. The number of para-hydroxylation sites is 1. The molecule has 1 saturated heterocycles. The topological polar surface area (TPSA) is 101 Å². The van der Waals surface area contributed by atoms with Gasteiger partial charge in [0.2, 0.25) is 0 Å². The Morgan fingerprint density at radius 2 is 2.00 bits per heavy atom. The number of nitrogens with one attached hydrogen (secondary N) is 1. The summed E-state index contributed by atoms with van der Waals surface area (Å²) in [6.07, 6.45) is 0.576. The van der Waals surface area contributed by atoms with Gasteiger partial charge in [0.1, 0.15) is 5.75 Å². The number of methoxy groups -OCH3 is 1. The van der Waals surface area contributed by atoms with E-state index in [2.05, 4.69) is 15.5 Å². The number of hydrogen-bond acceptors (Lipinski definition) is 7. The van der Waals surface area contributed by atoms with Gasteiger partial charge in [0.05, 0.1) is 24.2 Å². The number of carbonyl (C=O) groups excluding carboxylic acids is 1. The smallest absolute Gasteiger partial charge is 0.260 e. The van der Waals surface area contributed by atoms with Crippen molar-refractivity contribution in [3.05, 3.63) is 42.0 Å². The minimum atomic E-state index is -2.97. The second-order valence-electron chi connectivity index (χ2n) is 6.10. The van der Waals surface area contributed by atoms with E-state index < -0.39 is 9.84 Å². The summed E-state index contributed by atoms with van der Waals surface area (Å²) in [4.78, 5) is 14.2. The van der Waals surface area contributed by atoms with Crippen LogP contribution in [0.2, 0.25) is 0 Å². The number of carbonyl (C=O) groups is 1. The van der Waals surface area contributed by atoms with Gasteiger partial charge >= 0.3 is 0 Å². The Balaban J connectivity index is 1.69. The number of ether oxygens (including phenoxy) is 1. The van der Waals surface area contributed by atoms with Gasteiger partial charge in [-0.2, -0.15) is 0 Å². The van der Waals surface area contributed by atoms with Gasteiger partial charge in [0.15, 0.2) is 21.5 Å². The van der Waals surface area contributed by atoms with Crippen molar-refractivity contribution < 1.29 is 17.9 Å². The third-order valence-electron chi connectivity index (χ3n) is 4.36. The van der Waals surface area contributed by atoms with Crippen molar-refractivity contribution in [1.82, 2.24) is 10.2 Å². The van der Waals surface area contributed by atoms with E-state index in [0.29, 0.717) is 29.4 Å². The number of amides is 1. The minimum absolute atomic E-state index is 0.108. The molecule has 2 aromatic rings. The molecule has 138 valence electrons. The molecule has 1 N–H and O–H groups in total. The minimum Gasteiger partial charge on any atom is -0.496 e. The van der Waals surface area contributed by atoms with Crippen LogP contribution in [-0.4, -0.2) is 56.2 Å². The lowest BCUT2D eigenvalue weighted by Crippen LogP contribution is -2.33. The monoisotopic (exact) mass is 376 g/mol. The van der Waals surface area contributed by atoms with E-state index in [4.69, 9.17) is 4.74 Å². The Morgan fingerprint density at radius 3 is 2.62 bits per heavy atom. The Hall–Kier alpha value is -2.68. The average Bonchev–Trinajstić information content (AvgIpc) is 3.01. The van der Waals surface area contributed by atoms with E-state index >= 15 is 0 Å². The largest absolute Gasteiger partial charge is 0.496 e. The SMILES string of the molecule is COc1ccccc1C(=O)Nc1ccc(N(C)C2CCS(=O)(=O)C2)nn1. The van der Waals surface area contributed by atoms with Crippen LogP contribution in [0.15, 0.2) is 36.4 Å². The highest BCUT2D eigenvalue weighted by Crippen LogP contribution is 2.22. The third-order valence-corrected chi connectivity index (χ3v) is 6.11. The third kappa shape index (κ3) is 3.93. The second-order valence-corrected chi connectivity index (χ2v) is 8.33. The zero-order chi connectivity index (χ0) is 18.7. The fourth-order valence-corrected chi connectivity index (χ4v) is 4.64. The maximum Gasteiger partial charge on any atom is 0.260 e. The zero-order valence-corrected chi connectivity index (χ0v) is 15.4. The summed E-state index contributed by atoms with van der Waals surface area (Å²) in [7, 11) is 0.325. The lowest BCUT2D eigenvalue weighted by Gasteiger charge is -2.23. The van der Waals surface area contributed by atoms with Crippen molar-refractivity contribution in [2.24, 2.45) is 0 Å². The maximum absolute atomic E-state index is 12.4. The molecule has 1 fully saturated rings. The highest BCUT2D eigenvalue weighted by molar-refractivity contribution is 7.91. The number of rotatable bonds is 5. The fourth-order valence-electron chi connectivity index (χ4n) is 2.86. The number of nitrogens with zero attached hydrogens (tertiary/aromatic N) is 3. The Kier molecular flexibility index (Phi) is 5.08. The predicted octanol–water partition coefficient (Wildman–Crippen LogP) is 1.36. The van der Waals surface area contributed by atoms with Crippen LogP contribution >= 0.6 is 0 Å². The van der Waals surface area contributed by atoms with Crippen molar-refractivity contribution in [1.29, 1.82) is 0 Å². The molecule has 1 unspecified atom stereocenters. The molecular weight excluding hydrogens is 356 g/mol. The molecule has 9 heteroatoms. The summed E-state index contributed by atoms with van der Waals surface area (Å²) < 4.78 is 28.4. The molecule has 0 bridgehead atoms. The zero-order valence-electron chi connectivity index (χ0n) is 14.5. The first kappa shape index (κ1) is 18.1. The van der Waals surface area contributed by atoms with Gasteiger partial charge in [-0.25, -0.2) is 8.42 Å². The number of aromatic nitrogens is 2. The molecule has 1 aliphatic heterocycles. The van der Waals surface area contributed by atoms with Gasteiger partial charge in [-0.1, -0.05) is 12.1 Å². The molecular formula is C17H20N4O4S. The van der Waals surface area contributed by atoms with E-state index in [9.17, 15) is 13.2 Å². The first-order valence-corrected chi connectivity index (χ1v) is 9.93. The number of benzene rings is 1. The standard InChI is InChI=1S/C17H20N4O4S/c1-21(12-9-10-26(23,24)11-12)16-8-7-15(19-20-16)18-17(22)13-5-3-4-6-14(13)25-2/h3-8,12H,9-11H2,1-2H3,(H,18,19,22). The number of hydrogen-bond donors (Lipinski definition) is 1. The molecule has 0 radical (unpaired) electrons. The van der Waals surface area contributed by atoms with Crippen LogP contribution in [0.5, 0.6) is 5.75 Å². The molecule has 8 nitrogen and oxygen atoms in total. The van der Waals surface area contributed by atoms with Crippen molar-refractivity contribution in [3.63, 3.8) is 0 Å². The summed E-state index contributed by atoms with van der Waals surface area (Å²) >= 11 is 0. The van der Waals surface area contributed by atoms with E-state index in [1.807, 2.05) is 4.90 Å². The van der Waals surface area contributed by atoms with E-state index in [1.165, 1.54) is 7.11 Å². The molecule has 26 heavy (non-hydrogen) atoms. The van der Waals surface area contributed by atoms with Crippen LogP contribution in [0.25, 0.3) is 0 Å².